The molecule has 0 N–H and O–H groups in total. The summed E-state index contributed by atoms with van der Waals surface area (Å²) in [4.78, 5) is 13.7. The van der Waals surface area contributed by atoms with Gasteiger partial charge in [-0.1, -0.05) is 12.1 Å². The Morgan fingerprint density at radius 2 is 1.58 bits per heavy atom. The van der Waals surface area contributed by atoms with Crippen molar-refractivity contribution in [3.05, 3.63) is 53.6 Å². The molecule has 2 aromatic rings. The lowest BCUT2D eigenvalue weighted by Crippen LogP contribution is -2.48. The van der Waals surface area contributed by atoms with Gasteiger partial charge < -0.3 is 14.5 Å². The fourth-order valence-corrected chi connectivity index (χ4v) is 3.31. The Balaban J connectivity index is 1.58. The minimum atomic E-state index is -0.256. The smallest absolute Gasteiger partial charge is 0.225 e. The number of likely N-dealkylation sites (N-methyl/N-ethyl adjacent to an activating group) is 1. The van der Waals surface area contributed by atoms with Crippen molar-refractivity contribution in [1.29, 1.82) is 0 Å². The second-order valence-electron chi connectivity index (χ2n) is 6.64. The number of ether oxygens (including phenoxy) is 1. The highest BCUT2D eigenvalue weighted by atomic mass is 19.1. The lowest BCUT2D eigenvalue weighted by atomic mass is 9.74. The number of halogens is 1. The normalized spacial score (nSPS) is 20.7. The molecule has 0 unspecified atom stereocenters. The van der Waals surface area contributed by atoms with Crippen molar-refractivity contribution in [3.8, 4) is 0 Å². The third-order valence-electron chi connectivity index (χ3n) is 5.07. The van der Waals surface area contributed by atoms with Crippen LogP contribution in [-0.4, -0.2) is 61.3 Å². The molecule has 2 aliphatic rings. The summed E-state index contributed by atoms with van der Waals surface area (Å²) in [5, 5.41) is 0. The third-order valence-corrected chi connectivity index (χ3v) is 5.07. The highest BCUT2D eigenvalue weighted by Crippen LogP contribution is 2.38. The van der Waals surface area contributed by atoms with E-state index in [0.29, 0.717) is 13.2 Å². The molecule has 24 heavy (non-hydrogen) atoms. The number of anilines is 1. The number of rotatable bonds is 3. The number of nitrogens with zero attached hydrogens (tertiary/aromatic N) is 4. The van der Waals surface area contributed by atoms with E-state index in [0.717, 1.165) is 43.3 Å². The van der Waals surface area contributed by atoms with Crippen LogP contribution in [0.1, 0.15) is 11.1 Å². The van der Waals surface area contributed by atoms with Crippen LogP contribution in [0, 0.1) is 5.82 Å². The van der Waals surface area contributed by atoms with E-state index in [1.54, 1.807) is 0 Å². The van der Waals surface area contributed by atoms with Gasteiger partial charge in [-0.15, -0.1) is 0 Å². The second-order valence-corrected chi connectivity index (χ2v) is 6.64. The van der Waals surface area contributed by atoms with E-state index >= 15 is 0 Å². The van der Waals surface area contributed by atoms with Crippen LogP contribution in [0.2, 0.25) is 0 Å². The molecule has 0 atom stereocenters. The Morgan fingerprint density at radius 3 is 2.12 bits per heavy atom. The molecule has 2 aliphatic heterocycles. The number of hydrogen-bond acceptors (Lipinski definition) is 5. The highest BCUT2D eigenvalue weighted by molar-refractivity contribution is 5.42. The van der Waals surface area contributed by atoms with E-state index in [9.17, 15) is 4.39 Å². The predicted molar refractivity (Wildman–Crippen MR) is 89.7 cm³/mol. The van der Waals surface area contributed by atoms with Gasteiger partial charge in [-0.25, -0.2) is 14.4 Å². The third kappa shape index (κ3) is 2.65. The molecule has 1 aromatic heterocycles. The number of hydrogen-bond donors (Lipinski definition) is 0. The van der Waals surface area contributed by atoms with E-state index in [-0.39, 0.29) is 11.2 Å². The quantitative estimate of drug-likeness (QED) is 0.858. The van der Waals surface area contributed by atoms with Crippen molar-refractivity contribution in [2.75, 3.05) is 51.3 Å². The zero-order valence-corrected chi connectivity index (χ0v) is 13.8. The van der Waals surface area contributed by atoms with Gasteiger partial charge in [-0.2, -0.15) is 0 Å². The molecule has 2 fully saturated rings. The zero-order valence-electron chi connectivity index (χ0n) is 13.8. The van der Waals surface area contributed by atoms with Crippen LogP contribution in [0.3, 0.4) is 0 Å². The summed E-state index contributed by atoms with van der Waals surface area (Å²) in [7, 11) is 2.13. The number of piperazine rings is 1. The molecule has 1 aromatic carbocycles. The number of aromatic nitrogens is 2. The van der Waals surface area contributed by atoms with Crippen molar-refractivity contribution in [1.82, 2.24) is 14.9 Å². The van der Waals surface area contributed by atoms with E-state index in [2.05, 4.69) is 26.8 Å². The standard InChI is InChI=1S/C18H21FN4O/c1-22-6-8-23(9-7-22)17-20-10-15(11-21-17)18(12-24-13-18)14-2-4-16(19)5-3-14/h2-5,10-11H,6-9,12-13H2,1H3. The summed E-state index contributed by atoms with van der Waals surface area (Å²) < 4.78 is 18.7. The maximum Gasteiger partial charge on any atom is 0.225 e. The van der Waals surface area contributed by atoms with Gasteiger partial charge in [0.05, 0.1) is 18.6 Å². The second kappa shape index (κ2) is 6.11. The Hall–Kier alpha value is -2.05. The first kappa shape index (κ1) is 15.5. The van der Waals surface area contributed by atoms with Crippen LogP contribution >= 0.6 is 0 Å². The van der Waals surface area contributed by atoms with Crippen LogP contribution in [0.5, 0.6) is 0 Å². The first-order valence-electron chi connectivity index (χ1n) is 8.27. The lowest BCUT2D eigenvalue weighted by molar-refractivity contribution is -0.0383. The van der Waals surface area contributed by atoms with E-state index in [1.807, 2.05) is 24.5 Å². The lowest BCUT2D eigenvalue weighted by Gasteiger charge is -2.42. The zero-order chi connectivity index (χ0) is 16.6. The molecule has 0 aliphatic carbocycles. The first-order valence-corrected chi connectivity index (χ1v) is 8.27. The van der Waals surface area contributed by atoms with Crippen LogP contribution in [0.15, 0.2) is 36.7 Å². The van der Waals surface area contributed by atoms with Crippen LogP contribution < -0.4 is 4.90 Å². The van der Waals surface area contributed by atoms with E-state index in [4.69, 9.17) is 4.74 Å². The summed E-state index contributed by atoms with van der Waals surface area (Å²) in [6.07, 6.45) is 3.79. The molecule has 126 valence electrons. The van der Waals surface area contributed by atoms with Crippen LogP contribution in [-0.2, 0) is 10.2 Å². The summed E-state index contributed by atoms with van der Waals surface area (Å²) in [6.45, 7) is 5.10. The summed E-state index contributed by atoms with van der Waals surface area (Å²) in [5.74, 6) is 0.553. The molecule has 2 saturated heterocycles. The SMILES string of the molecule is CN1CCN(c2ncc(C3(c4ccc(F)cc4)COC3)cn2)CC1. The van der Waals surface area contributed by atoms with E-state index < -0.39 is 0 Å². The van der Waals surface area contributed by atoms with E-state index in [1.165, 1.54) is 12.1 Å². The fourth-order valence-electron chi connectivity index (χ4n) is 3.31. The largest absolute Gasteiger partial charge is 0.379 e. The van der Waals surface area contributed by atoms with Crippen molar-refractivity contribution in [3.63, 3.8) is 0 Å². The van der Waals surface area contributed by atoms with Gasteiger partial charge >= 0.3 is 0 Å². The molecule has 6 heteroatoms. The first-order chi connectivity index (χ1) is 11.7. The summed E-state index contributed by atoms with van der Waals surface area (Å²) >= 11 is 0. The molecule has 0 saturated carbocycles. The van der Waals surface area contributed by atoms with Crippen molar-refractivity contribution in [2.45, 2.75) is 5.41 Å². The maximum atomic E-state index is 13.2. The molecule has 0 radical (unpaired) electrons. The van der Waals surface area contributed by atoms with Crippen LogP contribution in [0.4, 0.5) is 10.3 Å². The molecule has 5 nitrogen and oxygen atoms in total. The Labute approximate surface area is 141 Å². The fraction of sp³-hybridized carbons (Fsp3) is 0.444. The van der Waals surface area contributed by atoms with Crippen LogP contribution in [0.25, 0.3) is 0 Å². The molecule has 0 spiro atoms. The van der Waals surface area contributed by atoms with Gasteiger partial charge in [0.1, 0.15) is 5.82 Å². The van der Waals surface area contributed by atoms with Crippen molar-refractivity contribution in [2.24, 2.45) is 0 Å². The molecule has 0 amide bonds. The van der Waals surface area contributed by atoms with Gasteiger partial charge in [-0.05, 0) is 24.7 Å². The Morgan fingerprint density at radius 1 is 0.958 bits per heavy atom. The molecule has 3 heterocycles. The van der Waals surface area contributed by atoms with Crippen molar-refractivity contribution >= 4 is 5.95 Å². The summed E-state index contributed by atoms with van der Waals surface area (Å²) in [6, 6.07) is 6.64. The topological polar surface area (TPSA) is 41.5 Å². The Bertz CT molecular complexity index is 692. The van der Waals surface area contributed by atoms with Gasteiger partial charge in [0.2, 0.25) is 5.95 Å². The molecular formula is C18H21FN4O. The monoisotopic (exact) mass is 328 g/mol. The average molecular weight is 328 g/mol. The van der Waals surface area contributed by atoms with Gasteiger partial charge in [-0.3, -0.25) is 0 Å². The average Bonchev–Trinajstić information content (AvgIpc) is 2.57. The maximum absolute atomic E-state index is 13.2. The summed E-state index contributed by atoms with van der Waals surface area (Å²) in [5.41, 5.74) is 1.82. The van der Waals surface area contributed by atoms with Gasteiger partial charge in [0.25, 0.3) is 0 Å². The minimum Gasteiger partial charge on any atom is -0.379 e. The molecule has 0 bridgehead atoms. The molecular weight excluding hydrogens is 307 g/mol. The van der Waals surface area contributed by atoms with Gasteiger partial charge in [0, 0.05) is 44.1 Å². The highest BCUT2D eigenvalue weighted by Gasteiger charge is 2.42. The van der Waals surface area contributed by atoms with Crippen molar-refractivity contribution < 1.29 is 9.13 Å². The number of benzene rings is 1. The Kier molecular flexibility index (Phi) is 3.94. The van der Waals surface area contributed by atoms with Gasteiger partial charge in [0.15, 0.2) is 0 Å². The molecule has 4 rings (SSSR count). The predicted octanol–water partition coefficient (Wildman–Crippen LogP) is 1.68. The minimum absolute atomic E-state index is 0.226.